The van der Waals surface area contributed by atoms with E-state index in [-0.39, 0.29) is 24.8 Å². The monoisotopic (exact) mass is 202 g/mol. The Kier molecular flexibility index (Phi) is 9.08. The molecule has 70 valence electrons. The number of halogens is 2. The average molecular weight is 203 g/mol. The highest BCUT2D eigenvalue weighted by Gasteiger charge is 2.19. The maximum atomic E-state index is 5.29. The van der Waals surface area contributed by atoms with E-state index in [2.05, 4.69) is 12.3 Å². The Morgan fingerprint density at radius 1 is 1.45 bits per heavy atom. The second-order valence-corrected chi connectivity index (χ2v) is 2.61. The molecular formula is C6H16Cl2N2O. The number of rotatable bonds is 1. The molecule has 1 aliphatic heterocycles. The zero-order chi connectivity index (χ0) is 6.69. The van der Waals surface area contributed by atoms with E-state index >= 15 is 0 Å². The Hall–Kier alpha value is 0.460. The van der Waals surface area contributed by atoms with Crippen molar-refractivity contribution >= 4 is 24.8 Å². The summed E-state index contributed by atoms with van der Waals surface area (Å²) >= 11 is 0. The lowest BCUT2D eigenvalue weighted by Crippen LogP contribution is -2.44. The summed E-state index contributed by atoms with van der Waals surface area (Å²) in [5.74, 6) is 5.85. The predicted molar refractivity (Wildman–Crippen MR) is 50.2 cm³/mol. The van der Waals surface area contributed by atoms with Gasteiger partial charge >= 0.3 is 0 Å². The number of hydrazine groups is 1. The quantitative estimate of drug-likeness (QED) is 0.487. The third-order valence-corrected chi connectivity index (χ3v) is 1.85. The van der Waals surface area contributed by atoms with Crippen LogP contribution in [0.4, 0.5) is 0 Å². The summed E-state index contributed by atoms with van der Waals surface area (Å²) in [5.41, 5.74) is 2.77. The molecular weight excluding hydrogens is 187 g/mol. The SMILES string of the molecule is C[C@H]1COCC[C@@H]1NN.Cl.Cl. The van der Waals surface area contributed by atoms with Crippen LogP contribution >= 0.6 is 24.8 Å². The van der Waals surface area contributed by atoms with E-state index in [0.717, 1.165) is 19.6 Å². The summed E-state index contributed by atoms with van der Waals surface area (Å²) in [5, 5.41) is 0. The third kappa shape index (κ3) is 4.13. The van der Waals surface area contributed by atoms with E-state index in [1.165, 1.54) is 0 Å². The smallest absolute Gasteiger partial charge is 0.0507 e. The van der Waals surface area contributed by atoms with Crippen LogP contribution in [-0.4, -0.2) is 19.3 Å². The van der Waals surface area contributed by atoms with Gasteiger partial charge in [0.15, 0.2) is 0 Å². The first kappa shape index (κ1) is 14.0. The van der Waals surface area contributed by atoms with E-state index in [9.17, 15) is 0 Å². The van der Waals surface area contributed by atoms with Crippen molar-refractivity contribution in [3.63, 3.8) is 0 Å². The van der Waals surface area contributed by atoms with Crippen molar-refractivity contribution in [2.75, 3.05) is 13.2 Å². The molecule has 1 heterocycles. The third-order valence-electron chi connectivity index (χ3n) is 1.85. The highest BCUT2D eigenvalue weighted by molar-refractivity contribution is 5.85. The first-order chi connectivity index (χ1) is 4.34. The van der Waals surface area contributed by atoms with Crippen LogP contribution in [-0.2, 0) is 4.74 Å². The molecule has 0 amide bonds. The molecule has 0 unspecified atom stereocenters. The number of nitrogens with two attached hydrogens (primary N) is 1. The zero-order valence-electron chi connectivity index (χ0n) is 6.58. The molecule has 0 saturated carbocycles. The number of nitrogens with one attached hydrogen (secondary N) is 1. The fourth-order valence-corrected chi connectivity index (χ4v) is 1.13. The summed E-state index contributed by atoms with van der Waals surface area (Å²) < 4.78 is 5.22. The lowest BCUT2D eigenvalue weighted by molar-refractivity contribution is 0.0392. The van der Waals surface area contributed by atoms with E-state index in [0.29, 0.717) is 12.0 Å². The van der Waals surface area contributed by atoms with E-state index in [1.807, 2.05) is 0 Å². The van der Waals surface area contributed by atoms with Crippen LogP contribution in [0, 0.1) is 5.92 Å². The van der Waals surface area contributed by atoms with Gasteiger partial charge in [-0.05, 0) is 12.3 Å². The van der Waals surface area contributed by atoms with E-state index in [4.69, 9.17) is 10.6 Å². The van der Waals surface area contributed by atoms with Gasteiger partial charge in [0.05, 0.1) is 6.61 Å². The minimum Gasteiger partial charge on any atom is -0.381 e. The first-order valence-electron chi connectivity index (χ1n) is 3.38. The van der Waals surface area contributed by atoms with Crippen LogP contribution in [0.1, 0.15) is 13.3 Å². The molecule has 0 spiro atoms. The molecule has 1 rings (SSSR count). The Balaban J connectivity index is 0. The van der Waals surface area contributed by atoms with Crippen molar-refractivity contribution in [2.45, 2.75) is 19.4 Å². The standard InChI is InChI=1S/C6H14N2O.2ClH/c1-5-4-9-3-2-6(5)8-7;;/h5-6,8H,2-4,7H2,1H3;2*1H/t5-,6-;;/m0../s1. The molecule has 11 heavy (non-hydrogen) atoms. The first-order valence-corrected chi connectivity index (χ1v) is 3.38. The Labute approximate surface area is 79.8 Å². The van der Waals surface area contributed by atoms with Crippen LogP contribution in [0.5, 0.6) is 0 Å². The van der Waals surface area contributed by atoms with Gasteiger partial charge < -0.3 is 4.74 Å². The van der Waals surface area contributed by atoms with E-state index in [1.54, 1.807) is 0 Å². The van der Waals surface area contributed by atoms with Crippen LogP contribution in [0.2, 0.25) is 0 Å². The number of ether oxygens (including phenoxy) is 1. The number of hydrogen-bond donors (Lipinski definition) is 2. The van der Waals surface area contributed by atoms with Gasteiger partial charge in [0, 0.05) is 12.6 Å². The molecule has 0 aliphatic carbocycles. The molecule has 0 radical (unpaired) electrons. The molecule has 0 bridgehead atoms. The fraction of sp³-hybridized carbons (Fsp3) is 1.00. The molecule has 3 N–H and O–H groups in total. The molecule has 2 atom stereocenters. The maximum Gasteiger partial charge on any atom is 0.0507 e. The van der Waals surface area contributed by atoms with Crippen molar-refractivity contribution < 1.29 is 4.74 Å². The summed E-state index contributed by atoms with van der Waals surface area (Å²) in [6, 6.07) is 0.457. The van der Waals surface area contributed by atoms with Gasteiger partial charge in [0.1, 0.15) is 0 Å². The summed E-state index contributed by atoms with van der Waals surface area (Å²) in [6.45, 7) is 3.83. The average Bonchev–Trinajstić information content (AvgIpc) is 1.89. The molecule has 0 aromatic heterocycles. The summed E-state index contributed by atoms with van der Waals surface area (Å²) in [4.78, 5) is 0. The molecule has 1 fully saturated rings. The highest BCUT2D eigenvalue weighted by atomic mass is 35.5. The Morgan fingerprint density at radius 2 is 2.09 bits per heavy atom. The second kappa shape index (κ2) is 7.13. The van der Waals surface area contributed by atoms with Crippen molar-refractivity contribution in [2.24, 2.45) is 11.8 Å². The van der Waals surface area contributed by atoms with Gasteiger partial charge in [-0.1, -0.05) is 6.92 Å². The van der Waals surface area contributed by atoms with Gasteiger partial charge in [-0.3, -0.25) is 11.3 Å². The summed E-state index contributed by atoms with van der Waals surface area (Å²) in [7, 11) is 0. The van der Waals surface area contributed by atoms with Crippen LogP contribution in [0.15, 0.2) is 0 Å². The lowest BCUT2D eigenvalue weighted by Gasteiger charge is -2.27. The molecule has 1 saturated heterocycles. The fourth-order valence-electron chi connectivity index (χ4n) is 1.13. The van der Waals surface area contributed by atoms with Gasteiger partial charge in [-0.15, -0.1) is 24.8 Å². The Bertz CT molecular complexity index is 94.7. The minimum atomic E-state index is 0. The molecule has 5 heteroatoms. The topological polar surface area (TPSA) is 47.3 Å². The normalized spacial score (nSPS) is 30.0. The number of hydrogen-bond acceptors (Lipinski definition) is 3. The maximum absolute atomic E-state index is 5.29. The van der Waals surface area contributed by atoms with Crippen molar-refractivity contribution in [1.29, 1.82) is 0 Å². The molecule has 0 aromatic carbocycles. The van der Waals surface area contributed by atoms with Gasteiger partial charge in [-0.25, -0.2) is 0 Å². The minimum absolute atomic E-state index is 0. The molecule has 3 nitrogen and oxygen atoms in total. The van der Waals surface area contributed by atoms with Gasteiger partial charge in [0.25, 0.3) is 0 Å². The van der Waals surface area contributed by atoms with Crippen LogP contribution in [0.3, 0.4) is 0 Å². The van der Waals surface area contributed by atoms with Crippen molar-refractivity contribution in [3.8, 4) is 0 Å². The second-order valence-electron chi connectivity index (χ2n) is 2.61. The highest BCUT2D eigenvalue weighted by Crippen LogP contribution is 2.12. The molecule has 1 aliphatic rings. The van der Waals surface area contributed by atoms with Crippen molar-refractivity contribution in [1.82, 2.24) is 5.43 Å². The van der Waals surface area contributed by atoms with Crippen LogP contribution < -0.4 is 11.3 Å². The van der Waals surface area contributed by atoms with Crippen LogP contribution in [0.25, 0.3) is 0 Å². The zero-order valence-corrected chi connectivity index (χ0v) is 8.21. The predicted octanol–water partition coefficient (Wildman–Crippen LogP) is 0.718. The summed E-state index contributed by atoms with van der Waals surface area (Å²) in [6.07, 6.45) is 1.04. The Morgan fingerprint density at radius 3 is 2.45 bits per heavy atom. The van der Waals surface area contributed by atoms with E-state index < -0.39 is 0 Å². The van der Waals surface area contributed by atoms with Gasteiger partial charge in [-0.2, -0.15) is 0 Å². The largest absolute Gasteiger partial charge is 0.381 e. The van der Waals surface area contributed by atoms with Gasteiger partial charge in [0.2, 0.25) is 0 Å². The lowest BCUT2D eigenvalue weighted by atomic mass is 9.99. The molecule has 0 aromatic rings. The van der Waals surface area contributed by atoms with Crippen molar-refractivity contribution in [3.05, 3.63) is 0 Å².